The van der Waals surface area contributed by atoms with Crippen LogP contribution < -0.4 is 5.32 Å². The van der Waals surface area contributed by atoms with Gasteiger partial charge in [-0.05, 0) is 25.3 Å². The molecule has 0 fully saturated rings. The minimum atomic E-state index is 0.690. The number of nitrogens with zero attached hydrogens (tertiary/aromatic N) is 1. The van der Waals surface area contributed by atoms with Gasteiger partial charge < -0.3 is 9.73 Å². The third-order valence-electron chi connectivity index (χ3n) is 2.63. The lowest BCUT2D eigenvalue weighted by Crippen LogP contribution is -2.13. The molecule has 0 saturated heterocycles. The highest BCUT2D eigenvalue weighted by Crippen LogP contribution is 2.30. The maximum Gasteiger partial charge on any atom is 0.208 e. The predicted molar refractivity (Wildman–Crippen MR) is 75.7 cm³/mol. The number of rotatable bonds is 6. The van der Waals surface area contributed by atoms with Crippen LogP contribution in [0.3, 0.4) is 0 Å². The topological polar surface area (TPSA) is 38.1 Å². The molecule has 1 aromatic carbocycles. The molecule has 0 aliphatic heterocycles. The first-order valence-corrected chi connectivity index (χ1v) is 7.36. The number of oxazole rings is 1. The minimum Gasteiger partial charge on any atom is -0.439 e. The third-order valence-corrected chi connectivity index (χ3v) is 3.42. The van der Waals surface area contributed by atoms with Crippen molar-refractivity contribution in [1.82, 2.24) is 10.3 Å². The molecule has 0 radical (unpaired) electrons. The van der Waals surface area contributed by atoms with E-state index in [2.05, 4.69) is 35.6 Å². The molecule has 0 saturated carbocycles. The van der Waals surface area contributed by atoms with Gasteiger partial charge in [0.05, 0.1) is 12.7 Å². The quantitative estimate of drug-likeness (QED) is 0.638. The van der Waals surface area contributed by atoms with Gasteiger partial charge in [0.25, 0.3) is 0 Å². The fourth-order valence-corrected chi connectivity index (χ4v) is 2.34. The van der Waals surface area contributed by atoms with E-state index in [1.165, 1.54) is 4.90 Å². The van der Waals surface area contributed by atoms with E-state index < -0.39 is 0 Å². The minimum absolute atomic E-state index is 0.690. The smallest absolute Gasteiger partial charge is 0.208 e. The second kappa shape index (κ2) is 6.61. The van der Waals surface area contributed by atoms with Crippen LogP contribution in [0.4, 0.5) is 0 Å². The maximum atomic E-state index is 5.77. The van der Waals surface area contributed by atoms with Gasteiger partial charge in [0.1, 0.15) is 0 Å². The van der Waals surface area contributed by atoms with Crippen molar-refractivity contribution in [2.75, 3.05) is 12.8 Å². The van der Waals surface area contributed by atoms with E-state index in [-0.39, 0.29) is 0 Å². The Morgan fingerprint density at radius 1 is 1.33 bits per heavy atom. The van der Waals surface area contributed by atoms with Gasteiger partial charge in [-0.3, -0.25) is 0 Å². The van der Waals surface area contributed by atoms with Gasteiger partial charge in [-0.15, -0.1) is 11.8 Å². The highest BCUT2D eigenvalue weighted by Gasteiger charge is 2.09. The Kier molecular flexibility index (Phi) is 4.84. The molecule has 0 bridgehead atoms. The lowest BCUT2D eigenvalue weighted by Gasteiger charge is -2.03. The monoisotopic (exact) mass is 262 g/mol. The van der Waals surface area contributed by atoms with Crippen molar-refractivity contribution in [3.63, 3.8) is 0 Å². The normalized spacial score (nSPS) is 10.8. The summed E-state index contributed by atoms with van der Waals surface area (Å²) in [6, 6.07) is 8.22. The summed E-state index contributed by atoms with van der Waals surface area (Å²) in [5.41, 5.74) is 1.11. The number of hydrogen-bond acceptors (Lipinski definition) is 4. The predicted octanol–water partition coefficient (Wildman–Crippen LogP) is 3.56. The average Bonchev–Trinajstić information content (AvgIpc) is 2.88. The first kappa shape index (κ1) is 13.2. The van der Waals surface area contributed by atoms with E-state index in [1.807, 2.05) is 12.1 Å². The van der Waals surface area contributed by atoms with Crippen LogP contribution in [-0.4, -0.2) is 17.8 Å². The second-order valence-corrected chi connectivity index (χ2v) is 4.84. The molecule has 0 aliphatic rings. The Balaban J connectivity index is 2.13. The summed E-state index contributed by atoms with van der Waals surface area (Å²) < 4.78 is 5.77. The molecule has 1 heterocycles. The Hall–Kier alpha value is -1.26. The zero-order chi connectivity index (χ0) is 12.8. The summed E-state index contributed by atoms with van der Waals surface area (Å²) in [5, 5.41) is 3.28. The van der Waals surface area contributed by atoms with Gasteiger partial charge in [-0.25, -0.2) is 4.98 Å². The number of hydrogen-bond donors (Lipinski definition) is 1. The average molecular weight is 262 g/mol. The zero-order valence-electron chi connectivity index (χ0n) is 10.8. The van der Waals surface area contributed by atoms with Gasteiger partial charge >= 0.3 is 0 Å². The highest BCUT2D eigenvalue weighted by atomic mass is 32.2. The second-order valence-electron chi connectivity index (χ2n) is 4.00. The van der Waals surface area contributed by atoms with Crippen LogP contribution in [0.1, 0.15) is 19.2 Å². The molecule has 2 rings (SSSR count). The molecule has 0 atom stereocenters. The van der Waals surface area contributed by atoms with E-state index in [9.17, 15) is 0 Å². The number of aromatic nitrogens is 1. The first-order valence-electron chi connectivity index (χ1n) is 6.14. The molecule has 1 aromatic heterocycles. The van der Waals surface area contributed by atoms with E-state index in [4.69, 9.17) is 4.42 Å². The first-order chi connectivity index (χ1) is 8.85. The highest BCUT2D eigenvalue weighted by molar-refractivity contribution is 7.98. The van der Waals surface area contributed by atoms with Crippen LogP contribution in [0.2, 0.25) is 0 Å². The fourth-order valence-electron chi connectivity index (χ4n) is 1.74. The molecular formula is C14H18N2OS. The Bertz CT molecular complexity index is 496. The Labute approximate surface area is 112 Å². The lowest BCUT2D eigenvalue weighted by atomic mass is 10.2. The van der Waals surface area contributed by atoms with Crippen molar-refractivity contribution in [2.45, 2.75) is 24.8 Å². The van der Waals surface area contributed by atoms with Gasteiger partial charge in [0, 0.05) is 10.5 Å². The maximum absolute atomic E-state index is 5.77. The molecule has 4 heteroatoms. The lowest BCUT2D eigenvalue weighted by molar-refractivity contribution is 0.477. The van der Waals surface area contributed by atoms with Crippen LogP contribution in [0.15, 0.2) is 39.8 Å². The van der Waals surface area contributed by atoms with Crippen molar-refractivity contribution >= 4 is 11.8 Å². The fraction of sp³-hybridized carbons (Fsp3) is 0.357. The van der Waals surface area contributed by atoms with Gasteiger partial charge in [0.15, 0.2) is 5.76 Å². The van der Waals surface area contributed by atoms with Crippen LogP contribution in [0.25, 0.3) is 11.3 Å². The summed E-state index contributed by atoms with van der Waals surface area (Å²) in [6.45, 7) is 3.82. The molecule has 0 spiro atoms. The van der Waals surface area contributed by atoms with Gasteiger partial charge in [-0.2, -0.15) is 0 Å². The van der Waals surface area contributed by atoms with E-state index in [0.29, 0.717) is 6.54 Å². The van der Waals surface area contributed by atoms with Gasteiger partial charge in [0.2, 0.25) is 5.89 Å². The number of nitrogens with one attached hydrogen (secondary N) is 1. The van der Waals surface area contributed by atoms with Crippen molar-refractivity contribution < 1.29 is 4.42 Å². The van der Waals surface area contributed by atoms with Crippen LogP contribution in [0, 0.1) is 0 Å². The molecule has 2 aromatic rings. The van der Waals surface area contributed by atoms with E-state index in [1.54, 1.807) is 18.0 Å². The molecule has 18 heavy (non-hydrogen) atoms. The molecule has 1 N–H and O–H groups in total. The molecule has 0 unspecified atom stereocenters. The van der Waals surface area contributed by atoms with Crippen molar-refractivity contribution in [3.8, 4) is 11.3 Å². The third kappa shape index (κ3) is 3.15. The summed E-state index contributed by atoms with van der Waals surface area (Å²) >= 11 is 1.72. The summed E-state index contributed by atoms with van der Waals surface area (Å²) in [6.07, 6.45) is 4.99. The Morgan fingerprint density at radius 3 is 2.94 bits per heavy atom. The molecule has 0 aliphatic carbocycles. The van der Waals surface area contributed by atoms with Crippen LogP contribution in [-0.2, 0) is 6.54 Å². The number of thioether (sulfide) groups is 1. The molecule has 0 amide bonds. The zero-order valence-corrected chi connectivity index (χ0v) is 11.6. The standard InChI is InChI=1S/C14H18N2OS/c1-3-8-15-10-14-16-9-12(17-14)11-6-4-5-7-13(11)18-2/h4-7,9,15H,3,8,10H2,1-2H3. The van der Waals surface area contributed by atoms with Crippen molar-refractivity contribution in [3.05, 3.63) is 36.4 Å². The van der Waals surface area contributed by atoms with Crippen LogP contribution in [0.5, 0.6) is 0 Å². The van der Waals surface area contributed by atoms with E-state index >= 15 is 0 Å². The molecule has 3 nitrogen and oxygen atoms in total. The SMILES string of the molecule is CCCNCc1ncc(-c2ccccc2SC)o1. The largest absolute Gasteiger partial charge is 0.439 e. The Morgan fingerprint density at radius 2 is 2.17 bits per heavy atom. The molecular weight excluding hydrogens is 244 g/mol. The summed E-state index contributed by atoms with van der Waals surface area (Å²) in [5.74, 6) is 1.59. The summed E-state index contributed by atoms with van der Waals surface area (Å²) in [7, 11) is 0. The molecule has 96 valence electrons. The van der Waals surface area contributed by atoms with Crippen LogP contribution >= 0.6 is 11.8 Å². The van der Waals surface area contributed by atoms with Gasteiger partial charge in [-0.1, -0.05) is 25.1 Å². The summed E-state index contributed by atoms with van der Waals surface area (Å²) in [4.78, 5) is 5.51. The van der Waals surface area contributed by atoms with E-state index in [0.717, 1.165) is 30.2 Å². The van der Waals surface area contributed by atoms with Crippen molar-refractivity contribution in [2.24, 2.45) is 0 Å². The van der Waals surface area contributed by atoms with Crippen molar-refractivity contribution in [1.29, 1.82) is 0 Å². The number of benzene rings is 1.